The van der Waals surface area contributed by atoms with Crippen molar-refractivity contribution in [3.63, 3.8) is 0 Å². The molecule has 0 bridgehead atoms. The van der Waals surface area contributed by atoms with Crippen molar-refractivity contribution in [2.24, 2.45) is 5.92 Å². The van der Waals surface area contributed by atoms with E-state index in [0.29, 0.717) is 24.5 Å². The number of amides is 1. The summed E-state index contributed by atoms with van der Waals surface area (Å²) >= 11 is 1.78. The number of para-hydroxylation sites is 1. The standard InChI is InChI=1S/C20H27N3OS/c1-14-7-2-3-8-15(14)21-19(24)13-23-12-6-10-17(23)20-22-16-9-4-5-11-18(16)25-20/h4-5,9,11,14-15,17H,2-3,6-8,10,12-13H2,1H3,(H,21,24)/t14-,15+,17+/m0/s1. The van der Waals surface area contributed by atoms with E-state index >= 15 is 0 Å². The lowest BCUT2D eigenvalue weighted by Gasteiger charge is -2.30. The largest absolute Gasteiger partial charge is 0.352 e. The molecule has 25 heavy (non-hydrogen) atoms. The second kappa shape index (κ2) is 7.42. The van der Waals surface area contributed by atoms with Crippen LogP contribution in [0, 0.1) is 5.92 Å². The molecular formula is C20H27N3OS. The van der Waals surface area contributed by atoms with E-state index in [1.54, 1.807) is 11.3 Å². The molecule has 1 N–H and O–H groups in total. The van der Waals surface area contributed by atoms with Crippen LogP contribution in [0.15, 0.2) is 24.3 Å². The summed E-state index contributed by atoms with van der Waals surface area (Å²) in [5, 5.41) is 4.46. The minimum absolute atomic E-state index is 0.187. The second-order valence-corrected chi connectivity index (χ2v) is 8.65. The third-order valence-electron chi connectivity index (χ3n) is 5.76. The van der Waals surface area contributed by atoms with Gasteiger partial charge in [0.25, 0.3) is 0 Å². The molecule has 4 nitrogen and oxygen atoms in total. The predicted octanol–water partition coefficient (Wildman–Crippen LogP) is 4.13. The molecule has 1 aromatic heterocycles. The molecular weight excluding hydrogens is 330 g/mol. The molecule has 3 atom stereocenters. The van der Waals surface area contributed by atoms with Crippen LogP contribution in [-0.4, -0.2) is 34.9 Å². The molecule has 0 unspecified atom stereocenters. The van der Waals surface area contributed by atoms with Gasteiger partial charge in [-0.1, -0.05) is 31.9 Å². The Hall–Kier alpha value is -1.46. The zero-order chi connectivity index (χ0) is 17.2. The van der Waals surface area contributed by atoms with Gasteiger partial charge in [0.1, 0.15) is 5.01 Å². The second-order valence-electron chi connectivity index (χ2n) is 7.58. The Labute approximate surface area is 153 Å². The molecule has 1 aliphatic carbocycles. The maximum Gasteiger partial charge on any atom is 0.234 e. The van der Waals surface area contributed by atoms with Crippen molar-refractivity contribution in [1.29, 1.82) is 0 Å². The quantitative estimate of drug-likeness (QED) is 0.895. The number of rotatable bonds is 4. The van der Waals surface area contributed by atoms with Crippen molar-refractivity contribution in [1.82, 2.24) is 15.2 Å². The van der Waals surface area contributed by atoms with Crippen molar-refractivity contribution >= 4 is 27.5 Å². The maximum absolute atomic E-state index is 12.6. The summed E-state index contributed by atoms with van der Waals surface area (Å²) in [4.78, 5) is 19.7. The topological polar surface area (TPSA) is 45.2 Å². The van der Waals surface area contributed by atoms with E-state index < -0.39 is 0 Å². The van der Waals surface area contributed by atoms with Gasteiger partial charge in [-0.25, -0.2) is 4.98 Å². The van der Waals surface area contributed by atoms with Crippen LogP contribution in [-0.2, 0) is 4.79 Å². The number of fused-ring (bicyclic) bond motifs is 1. The van der Waals surface area contributed by atoms with Crippen molar-refractivity contribution < 1.29 is 4.79 Å². The molecule has 2 heterocycles. The number of thiazole rings is 1. The Morgan fingerprint density at radius 3 is 2.92 bits per heavy atom. The highest BCUT2D eigenvalue weighted by Crippen LogP contribution is 2.36. The fraction of sp³-hybridized carbons (Fsp3) is 0.600. The zero-order valence-corrected chi connectivity index (χ0v) is 15.7. The van der Waals surface area contributed by atoms with Crippen LogP contribution in [0.3, 0.4) is 0 Å². The Morgan fingerprint density at radius 2 is 2.08 bits per heavy atom. The summed E-state index contributed by atoms with van der Waals surface area (Å²) in [6, 6.07) is 8.97. The lowest BCUT2D eigenvalue weighted by molar-refractivity contribution is -0.123. The Morgan fingerprint density at radius 1 is 1.24 bits per heavy atom. The van der Waals surface area contributed by atoms with Crippen LogP contribution in [0.25, 0.3) is 10.2 Å². The summed E-state index contributed by atoms with van der Waals surface area (Å²) in [6.45, 7) is 3.77. The van der Waals surface area contributed by atoms with E-state index in [1.807, 2.05) is 6.07 Å². The van der Waals surface area contributed by atoms with Crippen molar-refractivity contribution in [2.45, 2.75) is 57.5 Å². The Kier molecular flexibility index (Phi) is 5.04. The summed E-state index contributed by atoms with van der Waals surface area (Å²) < 4.78 is 1.24. The van der Waals surface area contributed by atoms with Crippen LogP contribution < -0.4 is 5.32 Å². The van der Waals surface area contributed by atoms with Gasteiger partial charge in [-0.05, 0) is 50.3 Å². The SMILES string of the molecule is C[C@H]1CCCC[C@H]1NC(=O)CN1CCC[C@@H]1c1nc2ccccc2s1. The first-order valence-electron chi connectivity index (χ1n) is 9.59. The number of carbonyl (C=O) groups is 1. The number of hydrogen-bond acceptors (Lipinski definition) is 4. The number of carbonyl (C=O) groups excluding carboxylic acids is 1. The number of aromatic nitrogens is 1. The monoisotopic (exact) mass is 357 g/mol. The third kappa shape index (κ3) is 3.72. The van der Waals surface area contributed by atoms with Gasteiger partial charge in [-0.2, -0.15) is 0 Å². The van der Waals surface area contributed by atoms with E-state index in [2.05, 4.69) is 35.3 Å². The summed E-state index contributed by atoms with van der Waals surface area (Å²) in [7, 11) is 0. The van der Waals surface area contributed by atoms with Crippen molar-refractivity contribution in [3.8, 4) is 0 Å². The predicted molar refractivity (Wildman–Crippen MR) is 103 cm³/mol. The molecule has 5 heteroatoms. The van der Waals surface area contributed by atoms with Crippen molar-refractivity contribution in [3.05, 3.63) is 29.3 Å². The van der Waals surface area contributed by atoms with E-state index in [0.717, 1.165) is 36.3 Å². The highest BCUT2D eigenvalue weighted by molar-refractivity contribution is 7.18. The smallest absolute Gasteiger partial charge is 0.234 e. The average Bonchev–Trinajstić information content (AvgIpc) is 3.23. The van der Waals surface area contributed by atoms with Gasteiger partial charge in [0.2, 0.25) is 5.91 Å². The Balaban J connectivity index is 1.41. The molecule has 1 saturated heterocycles. The summed E-state index contributed by atoms with van der Waals surface area (Å²) in [5.41, 5.74) is 1.08. The van der Waals surface area contributed by atoms with Gasteiger partial charge in [-0.15, -0.1) is 11.3 Å². The number of nitrogens with one attached hydrogen (secondary N) is 1. The first-order valence-corrected chi connectivity index (χ1v) is 10.4. The van der Waals surface area contributed by atoms with Crippen LogP contribution in [0.1, 0.15) is 56.5 Å². The summed E-state index contributed by atoms with van der Waals surface area (Å²) in [5.74, 6) is 0.795. The van der Waals surface area contributed by atoms with Crippen LogP contribution in [0.4, 0.5) is 0 Å². The molecule has 4 rings (SSSR count). The number of likely N-dealkylation sites (tertiary alicyclic amines) is 1. The van der Waals surface area contributed by atoms with E-state index in [-0.39, 0.29) is 5.91 Å². The van der Waals surface area contributed by atoms with Gasteiger partial charge in [0.05, 0.1) is 22.8 Å². The molecule has 0 radical (unpaired) electrons. The number of nitrogens with zero attached hydrogens (tertiary/aromatic N) is 2. The van der Waals surface area contributed by atoms with Gasteiger partial charge in [0, 0.05) is 6.04 Å². The summed E-state index contributed by atoms with van der Waals surface area (Å²) in [6.07, 6.45) is 7.17. The first kappa shape index (κ1) is 17.0. The van der Waals surface area contributed by atoms with E-state index in [4.69, 9.17) is 4.98 Å². The van der Waals surface area contributed by atoms with Crippen LogP contribution in [0.2, 0.25) is 0 Å². The van der Waals surface area contributed by atoms with Crippen LogP contribution in [0.5, 0.6) is 0 Å². The third-order valence-corrected chi connectivity index (χ3v) is 6.90. The van der Waals surface area contributed by atoms with Gasteiger partial charge in [0.15, 0.2) is 0 Å². The molecule has 2 aromatic rings. The molecule has 1 saturated carbocycles. The van der Waals surface area contributed by atoms with E-state index in [9.17, 15) is 4.79 Å². The lowest BCUT2D eigenvalue weighted by atomic mass is 9.86. The zero-order valence-electron chi connectivity index (χ0n) is 14.9. The normalized spacial score (nSPS) is 27.6. The molecule has 134 valence electrons. The average molecular weight is 358 g/mol. The van der Waals surface area contributed by atoms with Gasteiger partial charge < -0.3 is 5.32 Å². The minimum atomic E-state index is 0.187. The fourth-order valence-corrected chi connectivity index (χ4v) is 5.43. The molecule has 2 fully saturated rings. The van der Waals surface area contributed by atoms with E-state index in [1.165, 1.54) is 24.0 Å². The molecule has 1 aromatic carbocycles. The Bertz CT molecular complexity index is 710. The highest BCUT2D eigenvalue weighted by Gasteiger charge is 2.31. The maximum atomic E-state index is 12.6. The molecule has 0 spiro atoms. The van der Waals surface area contributed by atoms with Gasteiger partial charge in [-0.3, -0.25) is 9.69 Å². The highest BCUT2D eigenvalue weighted by atomic mass is 32.1. The number of hydrogen-bond donors (Lipinski definition) is 1. The first-order chi connectivity index (χ1) is 12.2. The van der Waals surface area contributed by atoms with Crippen molar-refractivity contribution in [2.75, 3.05) is 13.1 Å². The fourth-order valence-electron chi connectivity index (χ4n) is 4.30. The molecule has 1 aliphatic heterocycles. The van der Waals surface area contributed by atoms with Gasteiger partial charge >= 0.3 is 0 Å². The lowest BCUT2D eigenvalue weighted by Crippen LogP contribution is -2.45. The van der Waals surface area contributed by atoms with Crippen LogP contribution >= 0.6 is 11.3 Å². The molecule has 1 amide bonds. The molecule has 2 aliphatic rings. The number of benzene rings is 1. The minimum Gasteiger partial charge on any atom is -0.352 e.